The minimum atomic E-state index is -0.160. The van der Waals surface area contributed by atoms with Gasteiger partial charge in [-0.15, -0.1) is 6.58 Å². The summed E-state index contributed by atoms with van der Waals surface area (Å²) in [7, 11) is 0. The van der Waals surface area contributed by atoms with Crippen molar-refractivity contribution >= 4 is 28.3 Å². The van der Waals surface area contributed by atoms with Crippen LogP contribution in [0.5, 0.6) is 0 Å². The molecular formula is C25H31N3O2. The van der Waals surface area contributed by atoms with E-state index in [1.807, 2.05) is 54.6 Å². The Morgan fingerprint density at radius 2 is 2.00 bits per heavy atom. The van der Waals surface area contributed by atoms with E-state index in [1.165, 1.54) is 11.1 Å². The van der Waals surface area contributed by atoms with Gasteiger partial charge in [0.1, 0.15) is 0 Å². The van der Waals surface area contributed by atoms with Gasteiger partial charge in [-0.1, -0.05) is 31.2 Å². The SMILES string of the molecule is C=CCN1C[C@H](C(=O)N(CC)CC)C=C2c3cccc4c3c(cn4C(=O)CC)C[C@H]21. The zero-order valence-electron chi connectivity index (χ0n) is 18.2. The molecule has 1 aromatic carbocycles. The molecule has 1 amide bonds. The van der Waals surface area contributed by atoms with Crippen molar-refractivity contribution in [1.29, 1.82) is 0 Å². The summed E-state index contributed by atoms with van der Waals surface area (Å²) in [5.41, 5.74) is 4.56. The van der Waals surface area contributed by atoms with Crippen molar-refractivity contribution in [3.63, 3.8) is 0 Å². The van der Waals surface area contributed by atoms with Crippen LogP contribution in [0.3, 0.4) is 0 Å². The molecule has 2 aliphatic rings. The quantitative estimate of drug-likeness (QED) is 0.683. The molecule has 0 bridgehead atoms. The fraction of sp³-hybridized carbons (Fsp3) is 0.440. The van der Waals surface area contributed by atoms with Gasteiger partial charge in [0.15, 0.2) is 0 Å². The maximum Gasteiger partial charge on any atom is 0.230 e. The van der Waals surface area contributed by atoms with Crippen LogP contribution in [0.4, 0.5) is 0 Å². The summed E-state index contributed by atoms with van der Waals surface area (Å²) < 4.78 is 1.81. The summed E-state index contributed by atoms with van der Waals surface area (Å²) in [6, 6.07) is 6.40. The Bertz CT molecular complexity index is 1030. The molecule has 2 aromatic rings. The number of nitrogens with zero attached hydrogens (tertiary/aromatic N) is 3. The van der Waals surface area contributed by atoms with Crippen molar-refractivity contribution in [1.82, 2.24) is 14.4 Å². The van der Waals surface area contributed by atoms with E-state index in [-0.39, 0.29) is 23.8 Å². The van der Waals surface area contributed by atoms with Crippen LogP contribution in [-0.2, 0) is 11.2 Å². The van der Waals surface area contributed by atoms with Gasteiger partial charge in [-0.05, 0) is 43.0 Å². The molecule has 4 rings (SSSR count). The van der Waals surface area contributed by atoms with Crippen LogP contribution in [0.15, 0.2) is 43.1 Å². The molecule has 0 N–H and O–H groups in total. The number of rotatable bonds is 6. The van der Waals surface area contributed by atoms with Gasteiger partial charge >= 0.3 is 0 Å². The Labute approximate surface area is 178 Å². The highest BCUT2D eigenvalue weighted by Crippen LogP contribution is 2.42. The molecule has 0 unspecified atom stereocenters. The highest BCUT2D eigenvalue weighted by atomic mass is 16.2. The predicted octanol–water partition coefficient (Wildman–Crippen LogP) is 3.99. The van der Waals surface area contributed by atoms with Crippen LogP contribution in [0, 0.1) is 5.92 Å². The van der Waals surface area contributed by atoms with E-state index in [9.17, 15) is 9.59 Å². The number of carbonyl (C=O) groups is 2. The summed E-state index contributed by atoms with van der Waals surface area (Å²) >= 11 is 0. The van der Waals surface area contributed by atoms with Gasteiger partial charge in [0.05, 0.1) is 11.4 Å². The fourth-order valence-electron chi connectivity index (χ4n) is 5.10. The molecule has 1 aliphatic heterocycles. The average Bonchev–Trinajstić information content (AvgIpc) is 3.14. The summed E-state index contributed by atoms with van der Waals surface area (Å²) in [4.78, 5) is 30.0. The molecule has 0 radical (unpaired) electrons. The number of hydrogen-bond donors (Lipinski definition) is 0. The van der Waals surface area contributed by atoms with E-state index >= 15 is 0 Å². The predicted molar refractivity (Wildman–Crippen MR) is 122 cm³/mol. The number of amides is 1. The minimum Gasteiger partial charge on any atom is -0.343 e. The molecule has 5 heteroatoms. The van der Waals surface area contributed by atoms with Crippen molar-refractivity contribution in [2.24, 2.45) is 5.92 Å². The summed E-state index contributed by atoms with van der Waals surface area (Å²) in [6.45, 7) is 12.8. The number of aromatic nitrogens is 1. The van der Waals surface area contributed by atoms with Crippen LogP contribution < -0.4 is 0 Å². The lowest BCUT2D eigenvalue weighted by molar-refractivity contribution is -0.134. The Kier molecular flexibility index (Phi) is 5.65. The second-order valence-electron chi connectivity index (χ2n) is 8.17. The Morgan fingerprint density at radius 1 is 1.23 bits per heavy atom. The van der Waals surface area contributed by atoms with Gasteiger partial charge in [-0.25, -0.2) is 0 Å². The molecule has 158 valence electrons. The molecule has 0 spiro atoms. The van der Waals surface area contributed by atoms with Crippen molar-refractivity contribution in [2.45, 2.75) is 39.7 Å². The van der Waals surface area contributed by atoms with E-state index in [2.05, 4.69) is 23.6 Å². The number of hydrogen-bond acceptors (Lipinski definition) is 3. The first-order valence-electron chi connectivity index (χ1n) is 11.1. The third-order valence-electron chi connectivity index (χ3n) is 6.57. The number of fused-ring (bicyclic) bond motifs is 2. The Morgan fingerprint density at radius 3 is 2.67 bits per heavy atom. The van der Waals surface area contributed by atoms with Crippen molar-refractivity contribution in [2.75, 3.05) is 26.2 Å². The first-order valence-corrected chi connectivity index (χ1v) is 11.1. The first kappa shape index (κ1) is 20.6. The first-order chi connectivity index (χ1) is 14.5. The molecule has 30 heavy (non-hydrogen) atoms. The number of carbonyl (C=O) groups excluding carboxylic acids is 2. The Balaban J connectivity index is 1.85. The van der Waals surface area contributed by atoms with E-state index in [0.29, 0.717) is 13.0 Å². The molecule has 0 saturated carbocycles. The molecule has 0 saturated heterocycles. The molecule has 1 aromatic heterocycles. The smallest absolute Gasteiger partial charge is 0.230 e. The lowest BCUT2D eigenvalue weighted by Gasteiger charge is -2.42. The van der Waals surface area contributed by atoms with Gasteiger partial charge in [0.25, 0.3) is 0 Å². The zero-order chi connectivity index (χ0) is 21.4. The van der Waals surface area contributed by atoms with Gasteiger partial charge in [0.2, 0.25) is 11.8 Å². The Hall–Kier alpha value is -2.66. The lowest BCUT2D eigenvalue weighted by Crippen LogP contribution is -2.49. The highest BCUT2D eigenvalue weighted by molar-refractivity contribution is 6.03. The maximum absolute atomic E-state index is 13.2. The number of benzene rings is 1. The van der Waals surface area contributed by atoms with Crippen LogP contribution in [-0.4, -0.2) is 58.4 Å². The lowest BCUT2D eigenvalue weighted by atomic mass is 9.79. The van der Waals surface area contributed by atoms with Gasteiger partial charge in [-0.3, -0.25) is 19.1 Å². The minimum absolute atomic E-state index is 0.111. The molecule has 0 fully saturated rings. The van der Waals surface area contributed by atoms with Crippen LogP contribution in [0.25, 0.3) is 16.5 Å². The monoisotopic (exact) mass is 405 g/mol. The second kappa shape index (κ2) is 8.23. The second-order valence-corrected chi connectivity index (χ2v) is 8.17. The van der Waals surface area contributed by atoms with Gasteiger partial charge < -0.3 is 4.90 Å². The fourth-order valence-corrected chi connectivity index (χ4v) is 5.10. The normalized spacial score (nSPS) is 20.6. The van der Waals surface area contributed by atoms with Gasteiger partial charge in [0, 0.05) is 50.2 Å². The van der Waals surface area contributed by atoms with E-state index in [1.54, 1.807) is 0 Å². The third kappa shape index (κ3) is 3.21. The standard InChI is InChI=1S/C25H31N3O2/c1-5-12-27-15-18(25(30)26(7-3)8-4)13-20-19-10-9-11-21-24(19)17(14-22(20)27)16-28(21)23(29)6-2/h5,9-11,13,16,18,22H,1,6-8,12,14-15H2,2-4H3/t18-,22-/m1/s1. The molecular weight excluding hydrogens is 374 g/mol. The molecule has 5 nitrogen and oxygen atoms in total. The average molecular weight is 406 g/mol. The topological polar surface area (TPSA) is 45.6 Å². The zero-order valence-corrected chi connectivity index (χ0v) is 18.2. The molecule has 2 heterocycles. The van der Waals surface area contributed by atoms with Crippen molar-refractivity contribution in [3.8, 4) is 0 Å². The van der Waals surface area contributed by atoms with E-state index in [4.69, 9.17) is 0 Å². The molecule has 1 aliphatic carbocycles. The largest absolute Gasteiger partial charge is 0.343 e. The molecule has 2 atom stereocenters. The van der Waals surface area contributed by atoms with Crippen LogP contribution >= 0.6 is 0 Å². The van der Waals surface area contributed by atoms with E-state index < -0.39 is 0 Å². The summed E-state index contributed by atoms with van der Waals surface area (Å²) in [6.07, 6.45) is 7.47. The van der Waals surface area contributed by atoms with Gasteiger partial charge in [-0.2, -0.15) is 0 Å². The van der Waals surface area contributed by atoms with Crippen molar-refractivity contribution < 1.29 is 9.59 Å². The van der Waals surface area contributed by atoms with Crippen LogP contribution in [0.2, 0.25) is 0 Å². The van der Waals surface area contributed by atoms with Crippen molar-refractivity contribution in [3.05, 3.63) is 54.3 Å². The highest BCUT2D eigenvalue weighted by Gasteiger charge is 2.38. The van der Waals surface area contributed by atoms with Crippen LogP contribution in [0.1, 0.15) is 43.1 Å². The van der Waals surface area contributed by atoms with E-state index in [0.717, 1.165) is 42.5 Å². The maximum atomic E-state index is 13.2. The summed E-state index contributed by atoms with van der Waals surface area (Å²) in [5.74, 6) is 0.142. The third-order valence-corrected chi connectivity index (χ3v) is 6.57. The summed E-state index contributed by atoms with van der Waals surface area (Å²) in [5, 5.41) is 1.16.